The number of thioether (sulfide) groups is 1. The lowest BCUT2D eigenvalue weighted by Gasteiger charge is -2.31. The van der Waals surface area contributed by atoms with Crippen molar-refractivity contribution in [3.05, 3.63) is 29.3 Å². The number of carbonyl (C=O) groups is 1. The Bertz CT molecular complexity index is 696. The zero-order chi connectivity index (χ0) is 17.1. The van der Waals surface area contributed by atoms with Crippen LogP contribution in [0, 0.1) is 5.92 Å². The number of aromatic nitrogens is 2. The monoisotopic (exact) mass is 365 g/mol. The van der Waals surface area contributed by atoms with Crippen molar-refractivity contribution in [2.75, 3.05) is 13.1 Å². The Kier molecular flexibility index (Phi) is 5.46. The maximum absolute atomic E-state index is 12.5. The summed E-state index contributed by atoms with van der Waals surface area (Å²) >= 11 is 7.19. The highest BCUT2D eigenvalue weighted by Crippen LogP contribution is 2.28. The third-order valence-electron chi connectivity index (χ3n) is 4.22. The first-order chi connectivity index (χ1) is 11.5. The van der Waals surface area contributed by atoms with Crippen molar-refractivity contribution in [2.45, 2.75) is 37.2 Å². The molecule has 7 heteroatoms. The average molecular weight is 366 g/mol. The molecule has 0 spiro atoms. The lowest BCUT2D eigenvalue weighted by atomic mass is 9.99. The molecule has 0 saturated carbocycles. The van der Waals surface area contributed by atoms with Crippen LogP contribution in [0.1, 0.15) is 26.7 Å². The average Bonchev–Trinajstić information content (AvgIpc) is 3.04. The molecule has 0 N–H and O–H groups in total. The molecule has 1 aliphatic rings. The topological polar surface area (TPSA) is 59.2 Å². The highest BCUT2D eigenvalue weighted by Gasteiger charge is 2.26. The zero-order valence-electron chi connectivity index (χ0n) is 13.7. The molecule has 1 atom stereocenters. The third-order valence-corrected chi connectivity index (χ3v) is 5.39. The van der Waals surface area contributed by atoms with Gasteiger partial charge >= 0.3 is 0 Å². The number of amides is 1. The fourth-order valence-corrected chi connectivity index (χ4v) is 3.55. The molecule has 0 radical (unpaired) electrons. The molecule has 1 saturated heterocycles. The van der Waals surface area contributed by atoms with Gasteiger partial charge in [0.2, 0.25) is 11.8 Å². The van der Waals surface area contributed by atoms with Crippen LogP contribution in [0.4, 0.5) is 0 Å². The minimum Gasteiger partial charge on any atom is -0.411 e. The van der Waals surface area contributed by atoms with Gasteiger partial charge in [0.15, 0.2) is 0 Å². The molecular weight excluding hydrogens is 346 g/mol. The Morgan fingerprint density at radius 3 is 2.62 bits per heavy atom. The highest BCUT2D eigenvalue weighted by molar-refractivity contribution is 8.00. The predicted molar refractivity (Wildman–Crippen MR) is 95.0 cm³/mol. The molecule has 0 bridgehead atoms. The van der Waals surface area contributed by atoms with Crippen LogP contribution in [-0.4, -0.2) is 39.3 Å². The molecule has 1 aromatic heterocycles. The van der Waals surface area contributed by atoms with Crippen molar-refractivity contribution in [2.24, 2.45) is 5.92 Å². The van der Waals surface area contributed by atoms with Crippen LogP contribution in [0.3, 0.4) is 0 Å². The van der Waals surface area contributed by atoms with E-state index >= 15 is 0 Å². The van der Waals surface area contributed by atoms with E-state index in [1.165, 1.54) is 11.8 Å². The molecule has 128 valence electrons. The number of hydrogen-bond donors (Lipinski definition) is 0. The van der Waals surface area contributed by atoms with Gasteiger partial charge < -0.3 is 9.32 Å². The van der Waals surface area contributed by atoms with Gasteiger partial charge in [0.1, 0.15) is 0 Å². The fraction of sp³-hybridized carbons (Fsp3) is 0.471. The molecule has 1 fully saturated rings. The minimum atomic E-state index is -0.239. The third kappa shape index (κ3) is 4.11. The molecule has 0 aliphatic carbocycles. The summed E-state index contributed by atoms with van der Waals surface area (Å²) in [7, 11) is 0. The molecule has 3 rings (SSSR count). The van der Waals surface area contributed by atoms with E-state index < -0.39 is 0 Å². The standard InChI is InChI=1S/C17H20ClN3O2S/c1-11-7-9-21(10-8-11)16(22)12(2)24-17-20-19-15(23-17)13-3-5-14(18)6-4-13/h3-6,11-12H,7-10H2,1-2H3/t12-/m0/s1. The summed E-state index contributed by atoms with van der Waals surface area (Å²) in [5.41, 5.74) is 0.808. The number of carbonyl (C=O) groups excluding carboxylic acids is 1. The smallest absolute Gasteiger partial charge is 0.277 e. The second-order valence-corrected chi connectivity index (χ2v) is 7.88. The normalized spacial score (nSPS) is 17.0. The van der Waals surface area contributed by atoms with E-state index in [-0.39, 0.29) is 11.2 Å². The minimum absolute atomic E-state index is 0.137. The molecular formula is C17H20ClN3O2S. The van der Waals surface area contributed by atoms with Gasteiger partial charge in [-0.05, 0) is 49.9 Å². The number of piperidine rings is 1. The molecule has 24 heavy (non-hydrogen) atoms. The van der Waals surface area contributed by atoms with E-state index in [4.69, 9.17) is 16.0 Å². The molecule has 1 amide bonds. The lowest BCUT2D eigenvalue weighted by Crippen LogP contribution is -2.41. The summed E-state index contributed by atoms with van der Waals surface area (Å²) in [6.45, 7) is 5.80. The maximum Gasteiger partial charge on any atom is 0.277 e. The Morgan fingerprint density at radius 1 is 1.29 bits per heavy atom. The first-order valence-electron chi connectivity index (χ1n) is 8.08. The summed E-state index contributed by atoms with van der Waals surface area (Å²) in [4.78, 5) is 14.5. The van der Waals surface area contributed by atoms with E-state index in [0.717, 1.165) is 31.5 Å². The van der Waals surface area contributed by atoms with Crippen LogP contribution in [0.5, 0.6) is 0 Å². The van der Waals surface area contributed by atoms with Gasteiger partial charge in [-0.3, -0.25) is 4.79 Å². The van der Waals surface area contributed by atoms with Crippen molar-refractivity contribution >= 4 is 29.3 Å². The van der Waals surface area contributed by atoms with Crippen molar-refractivity contribution in [3.63, 3.8) is 0 Å². The molecule has 2 heterocycles. The first kappa shape index (κ1) is 17.3. The molecule has 1 aliphatic heterocycles. The van der Waals surface area contributed by atoms with E-state index in [9.17, 15) is 4.79 Å². The Morgan fingerprint density at radius 2 is 1.96 bits per heavy atom. The zero-order valence-corrected chi connectivity index (χ0v) is 15.3. The second-order valence-electron chi connectivity index (χ2n) is 6.15. The van der Waals surface area contributed by atoms with Crippen molar-refractivity contribution in [1.29, 1.82) is 0 Å². The van der Waals surface area contributed by atoms with Crippen molar-refractivity contribution in [1.82, 2.24) is 15.1 Å². The Hall–Kier alpha value is -1.53. The second kappa shape index (κ2) is 7.57. The summed E-state index contributed by atoms with van der Waals surface area (Å²) in [5.74, 6) is 1.27. The molecule has 1 aromatic carbocycles. The molecule has 0 unspecified atom stereocenters. The van der Waals surface area contributed by atoms with Gasteiger partial charge in [-0.2, -0.15) is 0 Å². The van der Waals surface area contributed by atoms with Gasteiger partial charge in [-0.15, -0.1) is 10.2 Å². The van der Waals surface area contributed by atoms with Crippen molar-refractivity contribution < 1.29 is 9.21 Å². The number of benzene rings is 1. The van der Waals surface area contributed by atoms with Gasteiger partial charge in [0.25, 0.3) is 5.22 Å². The van der Waals surface area contributed by atoms with Crippen LogP contribution in [-0.2, 0) is 4.79 Å². The first-order valence-corrected chi connectivity index (χ1v) is 9.33. The van der Waals surface area contributed by atoms with Crippen molar-refractivity contribution in [3.8, 4) is 11.5 Å². The summed E-state index contributed by atoms with van der Waals surface area (Å²) in [5, 5.41) is 8.91. The van der Waals surface area contributed by atoms with E-state index in [1.807, 2.05) is 24.0 Å². The quantitative estimate of drug-likeness (QED) is 0.762. The van der Waals surface area contributed by atoms with Gasteiger partial charge in [-0.25, -0.2) is 0 Å². The fourth-order valence-electron chi connectivity index (χ4n) is 2.65. The predicted octanol–water partition coefficient (Wildman–Crippen LogP) is 4.13. The molecule has 5 nitrogen and oxygen atoms in total. The van der Waals surface area contributed by atoms with Crippen LogP contribution >= 0.6 is 23.4 Å². The molecule has 2 aromatic rings. The maximum atomic E-state index is 12.5. The summed E-state index contributed by atoms with van der Waals surface area (Å²) in [6.07, 6.45) is 2.15. The Balaban J connectivity index is 1.61. The number of halogens is 1. The number of nitrogens with zero attached hydrogens (tertiary/aromatic N) is 3. The van der Waals surface area contributed by atoms with Crippen LogP contribution in [0.15, 0.2) is 33.9 Å². The van der Waals surface area contributed by atoms with Gasteiger partial charge in [-0.1, -0.05) is 30.3 Å². The highest BCUT2D eigenvalue weighted by atomic mass is 35.5. The number of hydrogen-bond acceptors (Lipinski definition) is 5. The van der Waals surface area contributed by atoms with Gasteiger partial charge in [0.05, 0.1) is 5.25 Å². The van der Waals surface area contributed by atoms with Crippen LogP contribution in [0.25, 0.3) is 11.5 Å². The lowest BCUT2D eigenvalue weighted by molar-refractivity contribution is -0.131. The van der Waals surface area contributed by atoms with Crippen LogP contribution in [0.2, 0.25) is 5.02 Å². The van der Waals surface area contributed by atoms with E-state index in [2.05, 4.69) is 17.1 Å². The van der Waals surface area contributed by atoms with E-state index in [0.29, 0.717) is 22.1 Å². The SMILES string of the molecule is CC1CCN(C(=O)[C@H](C)Sc2nnc(-c3ccc(Cl)cc3)o2)CC1. The van der Waals surface area contributed by atoms with Gasteiger partial charge in [0, 0.05) is 23.7 Å². The summed E-state index contributed by atoms with van der Waals surface area (Å²) < 4.78 is 5.66. The Labute approximate surface area is 150 Å². The van der Waals surface area contributed by atoms with Crippen LogP contribution < -0.4 is 0 Å². The number of likely N-dealkylation sites (tertiary alicyclic amines) is 1. The van der Waals surface area contributed by atoms with E-state index in [1.54, 1.807) is 12.1 Å². The summed E-state index contributed by atoms with van der Waals surface area (Å²) in [6, 6.07) is 7.20. The largest absolute Gasteiger partial charge is 0.411 e. The number of rotatable bonds is 4.